The van der Waals surface area contributed by atoms with Crippen LogP contribution in [0.15, 0.2) is 55.6 Å². The topological polar surface area (TPSA) is 125 Å². The first-order chi connectivity index (χ1) is 20.8. The van der Waals surface area contributed by atoms with E-state index in [1.165, 1.54) is 4.90 Å². The number of hydrogen-bond donors (Lipinski definition) is 2. The summed E-state index contributed by atoms with van der Waals surface area (Å²) in [5, 5.41) is 12.7. The van der Waals surface area contributed by atoms with Gasteiger partial charge in [-0.05, 0) is 31.2 Å². The van der Waals surface area contributed by atoms with Gasteiger partial charge in [0.25, 0.3) is 0 Å². The van der Waals surface area contributed by atoms with Crippen LogP contribution < -0.4 is 5.32 Å². The predicted molar refractivity (Wildman–Crippen MR) is 160 cm³/mol. The Morgan fingerprint density at radius 3 is 2.67 bits per heavy atom. The second-order valence-corrected chi connectivity index (χ2v) is 11.6. The summed E-state index contributed by atoms with van der Waals surface area (Å²) in [7, 11) is 0. The number of esters is 1. The van der Waals surface area contributed by atoms with Crippen LogP contribution in [0.25, 0.3) is 0 Å². The zero-order valence-corrected chi connectivity index (χ0v) is 25.1. The van der Waals surface area contributed by atoms with E-state index in [-0.39, 0.29) is 43.8 Å². The first-order valence-corrected chi connectivity index (χ1v) is 15.4. The maximum Gasteiger partial charge on any atom is 0.313 e. The quantitative estimate of drug-likeness (QED) is 0.161. The molecule has 10 nitrogen and oxygen atoms in total. The van der Waals surface area contributed by atoms with Gasteiger partial charge in [0.05, 0.1) is 31.1 Å². The van der Waals surface area contributed by atoms with Crippen molar-refractivity contribution in [1.29, 1.82) is 0 Å². The van der Waals surface area contributed by atoms with Gasteiger partial charge in [-0.3, -0.25) is 19.2 Å². The number of β-amino-alcohol motifs (C(OH)–C–C–N with tert-alkyl or cyclic N) is 1. The van der Waals surface area contributed by atoms with Crippen LogP contribution in [0.5, 0.6) is 0 Å². The monoisotopic (exact) mass is 595 g/mol. The fraction of sp³-hybridized carbons (Fsp3) is 0.576. The molecule has 3 amide bonds. The van der Waals surface area contributed by atoms with Gasteiger partial charge in [0.2, 0.25) is 17.7 Å². The van der Waals surface area contributed by atoms with Crippen LogP contribution in [0.4, 0.5) is 0 Å². The van der Waals surface area contributed by atoms with E-state index in [0.29, 0.717) is 37.9 Å². The lowest BCUT2D eigenvalue weighted by molar-refractivity contribution is -0.160. The number of ether oxygens (including phenoxy) is 2. The van der Waals surface area contributed by atoms with Crippen molar-refractivity contribution in [1.82, 2.24) is 15.1 Å². The van der Waals surface area contributed by atoms with Crippen molar-refractivity contribution in [2.24, 2.45) is 11.8 Å². The molecule has 0 saturated carbocycles. The average molecular weight is 596 g/mol. The molecule has 3 saturated heterocycles. The SMILES string of the molecule is C=CCCC(=O)NC[C@@H](OC(=O)[C@@H]1[C@@H]2CC[C@]3(O2)[C@H](C(=O)N(CC=C)CCCCC)N(CCO)C(=O)[C@@H]13)c1ccccc1. The predicted octanol–water partition coefficient (Wildman–Crippen LogP) is 2.93. The number of benzene rings is 1. The van der Waals surface area contributed by atoms with E-state index >= 15 is 0 Å². The second kappa shape index (κ2) is 14.8. The Morgan fingerprint density at radius 1 is 1.23 bits per heavy atom. The smallest absolute Gasteiger partial charge is 0.313 e. The second-order valence-electron chi connectivity index (χ2n) is 11.6. The van der Waals surface area contributed by atoms with Gasteiger partial charge < -0.3 is 29.7 Å². The molecule has 2 bridgehead atoms. The average Bonchev–Trinajstić information content (AvgIpc) is 3.65. The first kappa shape index (κ1) is 32.4. The van der Waals surface area contributed by atoms with Crippen molar-refractivity contribution in [3.8, 4) is 0 Å². The summed E-state index contributed by atoms with van der Waals surface area (Å²) < 4.78 is 12.5. The number of unbranched alkanes of at least 4 members (excludes halogenated alkanes) is 2. The molecule has 234 valence electrons. The third-order valence-corrected chi connectivity index (χ3v) is 8.83. The van der Waals surface area contributed by atoms with Gasteiger partial charge in [-0.25, -0.2) is 0 Å². The molecule has 3 heterocycles. The summed E-state index contributed by atoms with van der Waals surface area (Å²) >= 11 is 0. The van der Waals surface area contributed by atoms with E-state index in [9.17, 15) is 24.3 Å². The Kier molecular flexibility index (Phi) is 11.2. The Hall–Kier alpha value is -3.50. The van der Waals surface area contributed by atoms with Crippen molar-refractivity contribution in [3.05, 3.63) is 61.2 Å². The van der Waals surface area contributed by atoms with E-state index in [1.807, 2.05) is 30.3 Å². The van der Waals surface area contributed by atoms with Gasteiger partial charge in [0, 0.05) is 26.1 Å². The van der Waals surface area contributed by atoms with Crippen molar-refractivity contribution in [2.45, 2.75) is 75.7 Å². The summed E-state index contributed by atoms with van der Waals surface area (Å²) in [5.41, 5.74) is -0.471. The number of carbonyl (C=O) groups excluding carboxylic acids is 4. The number of fused-ring (bicyclic) bond motifs is 1. The number of hydrogen-bond acceptors (Lipinski definition) is 7. The van der Waals surface area contributed by atoms with Crippen molar-refractivity contribution < 1.29 is 33.8 Å². The zero-order valence-electron chi connectivity index (χ0n) is 25.1. The Morgan fingerprint density at radius 2 is 2.00 bits per heavy atom. The molecule has 0 aliphatic carbocycles. The van der Waals surface area contributed by atoms with Crippen LogP contribution in [-0.2, 0) is 28.7 Å². The van der Waals surface area contributed by atoms with Crippen molar-refractivity contribution in [3.63, 3.8) is 0 Å². The van der Waals surface area contributed by atoms with Crippen molar-refractivity contribution in [2.75, 3.05) is 32.8 Å². The van der Waals surface area contributed by atoms with Crippen LogP contribution in [0.2, 0.25) is 0 Å². The highest BCUT2D eigenvalue weighted by molar-refractivity contribution is 5.98. The molecular formula is C33H45N3O7. The van der Waals surface area contributed by atoms with Gasteiger partial charge in [-0.1, -0.05) is 62.2 Å². The van der Waals surface area contributed by atoms with E-state index in [1.54, 1.807) is 17.1 Å². The molecule has 43 heavy (non-hydrogen) atoms. The molecule has 4 rings (SSSR count). The molecule has 1 spiro atoms. The number of nitrogens with zero attached hydrogens (tertiary/aromatic N) is 2. The number of rotatable bonds is 17. The minimum absolute atomic E-state index is 0.0381. The third-order valence-electron chi connectivity index (χ3n) is 8.83. The van der Waals surface area contributed by atoms with Crippen molar-refractivity contribution >= 4 is 23.7 Å². The van der Waals surface area contributed by atoms with Gasteiger partial charge in [-0.15, -0.1) is 13.2 Å². The maximum absolute atomic E-state index is 14.1. The lowest BCUT2D eigenvalue weighted by Crippen LogP contribution is -2.56. The number of nitrogens with one attached hydrogen (secondary N) is 1. The van der Waals surface area contributed by atoms with Gasteiger partial charge in [-0.2, -0.15) is 0 Å². The number of likely N-dealkylation sites (tertiary alicyclic amines) is 1. The zero-order chi connectivity index (χ0) is 31.0. The Labute approximate surface area is 254 Å². The van der Waals surface area contributed by atoms with E-state index in [4.69, 9.17) is 9.47 Å². The van der Waals surface area contributed by atoms with Crippen LogP contribution in [-0.4, -0.2) is 89.1 Å². The molecule has 1 aromatic carbocycles. The molecule has 3 aliphatic rings. The normalized spacial score (nSPS) is 26.1. The van der Waals surface area contributed by atoms with Crippen LogP contribution in [0.1, 0.15) is 63.5 Å². The largest absolute Gasteiger partial charge is 0.455 e. The highest BCUT2D eigenvalue weighted by Gasteiger charge is 2.75. The molecule has 3 fully saturated rings. The summed E-state index contributed by atoms with van der Waals surface area (Å²) in [6.45, 7) is 10.1. The van der Waals surface area contributed by atoms with Gasteiger partial charge in [0.15, 0.2) is 0 Å². The Balaban J connectivity index is 1.59. The number of aliphatic hydroxyl groups excluding tert-OH is 1. The molecule has 6 atom stereocenters. The molecular weight excluding hydrogens is 550 g/mol. The molecule has 0 aromatic heterocycles. The summed E-state index contributed by atoms with van der Waals surface area (Å²) in [6.07, 6.45) is 6.52. The van der Waals surface area contributed by atoms with Crippen LogP contribution in [0, 0.1) is 11.8 Å². The van der Waals surface area contributed by atoms with E-state index in [0.717, 1.165) is 19.3 Å². The highest BCUT2D eigenvalue weighted by Crippen LogP contribution is 2.59. The highest BCUT2D eigenvalue weighted by atomic mass is 16.6. The summed E-state index contributed by atoms with van der Waals surface area (Å²) in [5.74, 6) is -3.22. The molecule has 1 aromatic rings. The number of aliphatic hydroxyl groups is 1. The number of amides is 3. The van der Waals surface area contributed by atoms with Crippen LogP contribution in [0.3, 0.4) is 0 Å². The number of carbonyl (C=O) groups is 4. The van der Waals surface area contributed by atoms with E-state index in [2.05, 4.69) is 25.4 Å². The fourth-order valence-corrected chi connectivity index (χ4v) is 6.86. The number of allylic oxidation sites excluding steroid dienone is 1. The molecule has 10 heteroatoms. The Bertz CT molecular complexity index is 1170. The van der Waals surface area contributed by atoms with E-state index < -0.39 is 41.7 Å². The molecule has 2 N–H and O–H groups in total. The minimum Gasteiger partial charge on any atom is -0.455 e. The fourth-order valence-electron chi connectivity index (χ4n) is 6.86. The lowest BCUT2D eigenvalue weighted by Gasteiger charge is -2.36. The summed E-state index contributed by atoms with van der Waals surface area (Å²) in [4.78, 5) is 57.4. The molecule has 3 aliphatic heterocycles. The maximum atomic E-state index is 14.1. The standard InChI is InChI=1S/C33H45N3O7/c1-4-7-12-19-35(18-6-3)31(40)29-33-17-16-24(43-33)27(28(33)30(39)36(29)20-21-37)32(41)42-25(23-13-10-9-11-14-23)22-34-26(38)15-8-5-2/h5-6,9-11,13-14,24-25,27-29,37H,2-4,7-8,12,15-22H2,1H3,(H,34,38)/t24-,25+,27+,28+,29-,33+/m0/s1. The third kappa shape index (κ3) is 6.70. The van der Waals surface area contributed by atoms with Crippen LogP contribution >= 0.6 is 0 Å². The van der Waals surface area contributed by atoms with Gasteiger partial charge >= 0.3 is 5.97 Å². The first-order valence-electron chi connectivity index (χ1n) is 15.4. The van der Waals surface area contributed by atoms with Gasteiger partial charge in [0.1, 0.15) is 17.7 Å². The minimum atomic E-state index is -1.18. The lowest BCUT2D eigenvalue weighted by atomic mass is 9.70. The molecule has 0 unspecified atom stereocenters. The summed E-state index contributed by atoms with van der Waals surface area (Å²) in [6, 6.07) is 8.18. The molecule has 0 radical (unpaired) electrons.